The zero-order valence-corrected chi connectivity index (χ0v) is 13.6. The predicted molar refractivity (Wildman–Crippen MR) is 81.1 cm³/mol. The van der Waals surface area contributed by atoms with E-state index in [9.17, 15) is 25.1 Å². The monoisotopic (exact) mass is 347 g/mol. The number of rotatable bonds is 5. The van der Waals surface area contributed by atoms with E-state index >= 15 is 0 Å². The first kappa shape index (κ1) is 19.1. The average molecular weight is 348 g/mol. The minimum Gasteiger partial charge on any atom is -0.444 e. The molecule has 0 aromatic carbocycles. The van der Waals surface area contributed by atoms with Crippen molar-refractivity contribution >= 4 is 23.4 Å². The lowest BCUT2D eigenvalue weighted by Gasteiger charge is -2.22. The van der Waals surface area contributed by atoms with Gasteiger partial charge in [-0.3, -0.25) is 10.1 Å². The number of carbonyl (C=O) groups is 1. The fraction of sp³-hybridized carbons (Fsp3) is 0.538. The summed E-state index contributed by atoms with van der Waals surface area (Å²) in [6.45, 7) is 4.62. The molecule has 1 aromatic rings. The second-order valence-electron chi connectivity index (χ2n) is 5.71. The van der Waals surface area contributed by atoms with Crippen LogP contribution in [0.5, 0.6) is 0 Å². The van der Waals surface area contributed by atoms with Crippen LogP contribution in [0.2, 0.25) is 5.02 Å². The number of carbonyl (C=O) groups excluding carboxylic acids is 1. The van der Waals surface area contributed by atoms with Gasteiger partial charge in [-0.15, -0.1) is 0 Å². The van der Waals surface area contributed by atoms with E-state index in [-0.39, 0.29) is 17.3 Å². The van der Waals surface area contributed by atoms with Gasteiger partial charge in [0.25, 0.3) is 5.69 Å². The van der Waals surface area contributed by atoms with E-state index in [1.807, 2.05) is 0 Å². The lowest BCUT2D eigenvalue weighted by atomic mass is 10.1. The molecule has 0 saturated carbocycles. The Bertz CT molecular complexity index is 590. The minimum absolute atomic E-state index is 0.0222. The van der Waals surface area contributed by atoms with Gasteiger partial charge in [0, 0.05) is 18.8 Å². The van der Waals surface area contributed by atoms with E-state index in [0.29, 0.717) is 0 Å². The third-order valence-corrected chi connectivity index (χ3v) is 2.77. The first-order valence-electron chi connectivity index (χ1n) is 6.64. The Morgan fingerprint density at radius 1 is 1.52 bits per heavy atom. The maximum absolute atomic E-state index is 11.5. The zero-order valence-electron chi connectivity index (χ0n) is 12.8. The van der Waals surface area contributed by atoms with Crippen LogP contribution in [0.15, 0.2) is 12.3 Å². The molecule has 0 bridgehead atoms. The molecule has 1 rings (SSSR count). The largest absolute Gasteiger partial charge is 0.444 e. The van der Waals surface area contributed by atoms with Crippen LogP contribution in [0, 0.1) is 10.1 Å². The lowest BCUT2D eigenvalue weighted by molar-refractivity contribution is -0.386. The van der Waals surface area contributed by atoms with Crippen molar-refractivity contribution in [2.45, 2.75) is 38.6 Å². The van der Waals surface area contributed by atoms with E-state index in [1.54, 1.807) is 20.8 Å². The maximum atomic E-state index is 11.5. The Hall–Kier alpha value is -1.97. The van der Waals surface area contributed by atoms with Gasteiger partial charge in [0.05, 0.1) is 9.95 Å². The number of pyridine rings is 1. The maximum Gasteiger partial charge on any atom is 0.407 e. The molecule has 0 saturated heterocycles. The van der Waals surface area contributed by atoms with Crippen molar-refractivity contribution in [3.63, 3.8) is 0 Å². The zero-order chi connectivity index (χ0) is 17.8. The molecule has 128 valence electrons. The lowest BCUT2D eigenvalue weighted by Crippen LogP contribution is -2.39. The molecule has 1 amide bonds. The van der Waals surface area contributed by atoms with Crippen LogP contribution in [-0.4, -0.2) is 44.5 Å². The number of halogens is 1. The highest BCUT2D eigenvalue weighted by atomic mass is 35.5. The Balaban J connectivity index is 2.76. The van der Waals surface area contributed by atoms with Crippen molar-refractivity contribution in [1.29, 1.82) is 0 Å². The third kappa shape index (κ3) is 5.97. The van der Waals surface area contributed by atoms with Crippen molar-refractivity contribution in [2.75, 3.05) is 6.54 Å². The highest BCUT2D eigenvalue weighted by Gasteiger charge is 2.29. The summed E-state index contributed by atoms with van der Waals surface area (Å²) in [6, 6.07) is 1.02. The Labute approximate surface area is 137 Å². The molecule has 0 aliphatic rings. The van der Waals surface area contributed by atoms with Crippen molar-refractivity contribution in [1.82, 2.24) is 10.3 Å². The number of amides is 1. The molecule has 1 heterocycles. The molecular formula is C13H18ClN3O6. The standard InChI is InChI=1S/C13H18ClN3O6/c1-13(2,3)23-12(20)16-6-9(18)11(19)10-8(17(21)22)4-7(14)5-15-10/h4-5,9,11,18-19H,6H2,1-3H3,(H,16,20). The Morgan fingerprint density at radius 2 is 2.13 bits per heavy atom. The predicted octanol–water partition coefficient (Wildman–Crippen LogP) is 1.56. The van der Waals surface area contributed by atoms with Gasteiger partial charge in [0.2, 0.25) is 0 Å². The summed E-state index contributed by atoms with van der Waals surface area (Å²) in [5, 5.41) is 33.1. The van der Waals surface area contributed by atoms with Gasteiger partial charge >= 0.3 is 6.09 Å². The summed E-state index contributed by atoms with van der Waals surface area (Å²) in [5.41, 5.74) is -1.59. The van der Waals surface area contributed by atoms with Crippen LogP contribution >= 0.6 is 11.6 Å². The molecule has 0 fully saturated rings. The van der Waals surface area contributed by atoms with Crippen LogP contribution in [-0.2, 0) is 4.74 Å². The summed E-state index contributed by atoms with van der Waals surface area (Å²) in [6.07, 6.45) is -2.87. The summed E-state index contributed by atoms with van der Waals surface area (Å²) >= 11 is 5.62. The summed E-state index contributed by atoms with van der Waals surface area (Å²) in [5.74, 6) is 0. The van der Waals surface area contributed by atoms with Gasteiger partial charge in [-0.05, 0) is 20.8 Å². The molecule has 0 aliphatic carbocycles. The third-order valence-electron chi connectivity index (χ3n) is 2.56. The number of ether oxygens (including phenoxy) is 1. The molecule has 9 nitrogen and oxygen atoms in total. The van der Waals surface area contributed by atoms with Gasteiger partial charge in [-0.25, -0.2) is 9.78 Å². The first-order chi connectivity index (χ1) is 10.5. The van der Waals surface area contributed by atoms with Crippen LogP contribution in [0.4, 0.5) is 10.5 Å². The fourth-order valence-corrected chi connectivity index (χ4v) is 1.76. The van der Waals surface area contributed by atoms with Gasteiger partial charge in [-0.2, -0.15) is 0 Å². The van der Waals surface area contributed by atoms with Gasteiger partial charge < -0.3 is 20.3 Å². The van der Waals surface area contributed by atoms with Crippen LogP contribution < -0.4 is 5.32 Å². The van der Waals surface area contributed by atoms with E-state index in [0.717, 1.165) is 12.3 Å². The molecule has 0 spiro atoms. The summed E-state index contributed by atoms with van der Waals surface area (Å²) in [4.78, 5) is 25.3. The number of nitrogens with zero attached hydrogens (tertiary/aromatic N) is 2. The molecule has 2 atom stereocenters. The quantitative estimate of drug-likeness (QED) is 0.543. The topological polar surface area (TPSA) is 135 Å². The molecule has 0 aliphatic heterocycles. The summed E-state index contributed by atoms with van der Waals surface area (Å²) < 4.78 is 4.97. The fourth-order valence-electron chi connectivity index (χ4n) is 1.61. The number of aliphatic hydroxyl groups is 2. The SMILES string of the molecule is CC(C)(C)OC(=O)NCC(O)C(O)c1ncc(Cl)cc1[N+](=O)[O-]. The van der Waals surface area contributed by atoms with E-state index in [4.69, 9.17) is 16.3 Å². The molecule has 1 aromatic heterocycles. The second-order valence-corrected chi connectivity index (χ2v) is 6.15. The normalized spacial score (nSPS) is 14.0. The van der Waals surface area contributed by atoms with Crippen LogP contribution in [0.25, 0.3) is 0 Å². The van der Waals surface area contributed by atoms with Gasteiger partial charge in [0.15, 0.2) is 0 Å². The number of aliphatic hydroxyl groups excluding tert-OH is 2. The van der Waals surface area contributed by atoms with Crippen molar-refractivity contribution < 1.29 is 24.7 Å². The number of alkyl carbamates (subject to hydrolysis) is 1. The van der Waals surface area contributed by atoms with Gasteiger partial charge in [-0.1, -0.05) is 11.6 Å². The number of aromatic nitrogens is 1. The smallest absolute Gasteiger partial charge is 0.407 e. The first-order valence-corrected chi connectivity index (χ1v) is 7.02. The second kappa shape index (κ2) is 7.53. The summed E-state index contributed by atoms with van der Waals surface area (Å²) in [7, 11) is 0. The van der Waals surface area contributed by atoms with Crippen molar-refractivity contribution in [3.8, 4) is 0 Å². The molecule has 3 N–H and O–H groups in total. The van der Waals surface area contributed by atoms with Crippen molar-refractivity contribution in [2.24, 2.45) is 0 Å². The highest BCUT2D eigenvalue weighted by Crippen LogP contribution is 2.27. The number of nitro groups is 1. The molecule has 0 radical (unpaired) electrons. The number of hydrogen-bond donors (Lipinski definition) is 3. The number of nitrogens with one attached hydrogen (secondary N) is 1. The van der Waals surface area contributed by atoms with E-state index < -0.39 is 34.5 Å². The molecule has 10 heteroatoms. The minimum atomic E-state index is -1.68. The average Bonchev–Trinajstić information content (AvgIpc) is 2.42. The molecule has 23 heavy (non-hydrogen) atoms. The Morgan fingerprint density at radius 3 is 2.65 bits per heavy atom. The molecular weight excluding hydrogens is 330 g/mol. The molecule has 2 unspecified atom stereocenters. The Kier molecular flexibility index (Phi) is 6.25. The van der Waals surface area contributed by atoms with Crippen molar-refractivity contribution in [3.05, 3.63) is 33.1 Å². The van der Waals surface area contributed by atoms with E-state index in [2.05, 4.69) is 10.3 Å². The van der Waals surface area contributed by atoms with E-state index in [1.165, 1.54) is 0 Å². The van der Waals surface area contributed by atoms with Gasteiger partial charge in [0.1, 0.15) is 23.5 Å². The number of hydrogen-bond acceptors (Lipinski definition) is 7. The van der Waals surface area contributed by atoms with Crippen LogP contribution in [0.3, 0.4) is 0 Å². The highest BCUT2D eigenvalue weighted by molar-refractivity contribution is 6.30. The van der Waals surface area contributed by atoms with Crippen LogP contribution in [0.1, 0.15) is 32.6 Å².